The van der Waals surface area contributed by atoms with Gasteiger partial charge in [0.05, 0.1) is 12.5 Å². The van der Waals surface area contributed by atoms with Gasteiger partial charge in [0.25, 0.3) is 5.91 Å². The molecule has 8 nitrogen and oxygen atoms in total. The zero-order chi connectivity index (χ0) is 24.2. The molecule has 0 bridgehead atoms. The molecule has 0 radical (unpaired) electrons. The summed E-state index contributed by atoms with van der Waals surface area (Å²) in [5.74, 6) is -1.60. The SMILES string of the molecule is O=C(NC[C@H]1O[C@@H](CC(=O)N2CCN(c3ccc(F)cc3)CC2)[C@H](O)[C@@H]1O)c1cccc(F)c1. The first-order valence-corrected chi connectivity index (χ1v) is 11.2. The van der Waals surface area contributed by atoms with Crippen molar-refractivity contribution in [2.45, 2.75) is 30.8 Å². The molecule has 0 aliphatic carbocycles. The number of rotatable bonds is 6. The lowest BCUT2D eigenvalue weighted by Gasteiger charge is -2.36. The van der Waals surface area contributed by atoms with Crippen molar-refractivity contribution >= 4 is 17.5 Å². The Labute approximate surface area is 195 Å². The number of hydrogen-bond donors (Lipinski definition) is 3. The molecule has 0 aromatic heterocycles. The summed E-state index contributed by atoms with van der Waals surface area (Å²) in [5.41, 5.74) is 1.01. The van der Waals surface area contributed by atoms with Gasteiger partial charge >= 0.3 is 0 Å². The molecule has 0 saturated carbocycles. The second-order valence-corrected chi connectivity index (χ2v) is 8.46. The summed E-state index contributed by atoms with van der Waals surface area (Å²) in [4.78, 5) is 28.7. The lowest BCUT2D eigenvalue weighted by atomic mass is 10.0. The lowest BCUT2D eigenvalue weighted by Crippen LogP contribution is -2.49. The number of carbonyl (C=O) groups excluding carboxylic acids is 2. The van der Waals surface area contributed by atoms with Gasteiger partial charge in [-0.15, -0.1) is 0 Å². The third kappa shape index (κ3) is 5.52. The zero-order valence-electron chi connectivity index (χ0n) is 18.4. The predicted octanol–water partition coefficient (Wildman–Crippen LogP) is 0.923. The lowest BCUT2D eigenvalue weighted by molar-refractivity contribution is -0.135. The van der Waals surface area contributed by atoms with Crippen LogP contribution in [0.3, 0.4) is 0 Å². The molecular weight excluding hydrogens is 448 g/mol. The van der Waals surface area contributed by atoms with E-state index in [2.05, 4.69) is 10.2 Å². The minimum atomic E-state index is -1.28. The first kappa shape index (κ1) is 24.1. The molecule has 34 heavy (non-hydrogen) atoms. The van der Waals surface area contributed by atoms with Crippen molar-refractivity contribution < 1.29 is 33.3 Å². The second kappa shape index (κ2) is 10.5. The van der Waals surface area contributed by atoms with Crippen LogP contribution in [0.2, 0.25) is 0 Å². The Bertz CT molecular complexity index is 1010. The van der Waals surface area contributed by atoms with Gasteiger partial charge in [0.2, 0.25) is 5.91 Å². The average Bonchev–Trinajstić information content (AvgIpc) is 3.11. The molecule has 10 heteroatoms. The number of nitrogens with one attached hydrogen (secondary N) is 1. The molecule has 4 rings (SSSR count). The van der Waals surface area contributed by atoms with Crippen LogP contribution in [0, 0.1) is 11.6 Å². The number of halogens is 2. The molecular formula is C24H27F2N3O5. The summed E-state index contributed by atoms with van der Waals surface area (Å²) in [5, 5.41) is 23.2. The fraction of sp³-hybridized carbons (Fsp3) is 0.417. The third-order valence-corrected chi connectivity index (χ3v) is 6.21. The number of aliphatic hydroxyl groups excluding tert-OH is 2. The Morgan fingerprint density at radius 1 is 0.941 bits per heavy atom. The maximum absolute atomic E-state index is 13.3. The second-order valence-electron chi connectivity index (χ2n) is 8.46. The summed E-state index contributed by atoms with van der Waals surface area (Å²) < 4.78 is 32.1. The number of piperazine rings is 1. The smallest absolute Gasteiger partial charge is 0.251 e. The van der Waals surface area contributed by atoms with Crippen molar-refractivity contribution in [1.82, 2.24) is 10.2 Å². The van der Waals surface area contributed by atoms with E-state index in [4.69, 9.17) is 4.74 Å². The number of ether oxygens (including phenoxy) is 1. The minimum absolute atomic E-state index is 0.103. The van der Waals surface area contributed by atoms with Gasteiger partial charge in [-0.1, -0.05) is 6.07 Å². The van der Waals surface area contributed by atoms with E-state index in [0.717, 1.165) is 11.8 Å². The van der Waals surface area contributed by atoms with Gasteiger partial charge in [0.15, 0.2) is 0 Å². The molecule has 0 spiro atoms. The maximum atomic E-state index is 13.3. The third-order valence-electron chi connectivity index (χ3n) is 6.21. The standard InChI is InChI=1S/C24H27F2N3O5/c25-16-4-6-18(7-5-16)28-8-10-29(11-9-28)21(30)13-19-22(31)23(32)20(34-19)14-27-24(33)15-2-1-3-17(26)12-15/h1-7,12,19-20,22-23,31-32H,8-11,13-14H2,(H,27,33)/t19-,20+,22-,23+/m0/s1. The van der Waals surface area contributed by atoms with E-state index in [1.54, 1.807) is 17.0 Å². The van der Waals surface area contributed by atoms with E-state index in [1.807, 2.05) is 0 Å². The molecule has 3 N–H and O–H groups in total. The summed E-state index contributed by atoms with van der Waals surface area (Å²) in [6.45, 7) is 2.00. The molecule has 2 saturated heterocycles. The number of carbonyl (C=O) groups is 2. The van der Waals surface area contributed by atoms with Crippen LogP contribution in [0.25, 0.3) is 0 Å². The summed E-state index contributed by atoms with van der Waals surface area (Å²) in [6.07, 6.45) is -4.47. The number of benzene rings is 2. The highest BCUT2D eigenvalue weighted by molar-refractivity contribution is 5.94. The highest BCUT2D eigenvalue weighted by Gasteiger charge is 2.44. The summed E-state index contributed by atoms with van der Waals surface area (Å²) >= 11 is 0. The van der Waals surface area contributed by atoms with Gasteiger partial charge in [0.1, 0.15) is 29.9 Å². The van der Waals surface area contributed by atoms with Crippen LogP contribution in [0.4, 0.5) is 14.5 Å². The van der Waals surface area contributed by atoms with Gasteiger partial charge in [-0.05, 0) is 42.5 Å². The van der Waals surface area contributed by atoms with Crippen LogP contribution in [0.15, 0.2) is 48.5 Å². The topological polar surface area (TPSA) is 102 Å². The van der Waals surface area contributed by atoms with Crippen LogP contribution in [-0.2, 0) is 9.53 Å². The largest absolute Gasteiger partial charge is 0.388 e. The maximum Gasteiger partial charge on any atom is 0.251 e. The van der Waals surface area contributed by atoms with Crippen molar-refractivity contribution in [2.24, 2.45) is 0 Å². The van der Waals surface area contributed by atoms with Crippen LogP contribution < -0.4 is 10.2 Å². The molecule has 4 atom stereocenters. The number of aliphatic hydroxyl groups is 2. The Balaban J connectivity index is 1.25. The number of nitrogens with zero attached hydrogens (tertiary/aromatic N) is 2. The minimum Gasteiger partial charge on any atom is -0.388 e. The van der Waals surface area contributed by atoms with E-state index in [0.29, 0.717) is 26.2 Å². The molecule has 2 fully saturated rings. The van der Waals surface area contributed by atoms with E-state index >= 15 is 0 Å². The zero-order valence-corrected chi connectivity index (χ0v) is 18.4. The van der Waals surface area contributed by atoms with Crippen molar-refractivity contribution in [3.63, 3.8) is 0 Å². The quantitative estimate of drug-likeness (QED) is 0.575. The van der Waals surface area contributed by atoms with Crippen LogP contribution in [-0.4, -0.2) is 84.1 Å². The van der Waals surface area contributed by atoms with Crippen LogP contribution >= 0.6 is 0 Å². The number of hydrogen-bond acceptors (Lipinski definition) is 6. The van der Waals surface area contributed by atoms with Crippen molar-refractivity contribution in [1.29, 1.82) is 0 Å². The summed E-state index contributed by atoms with van der Waals surface area (Å²) in [6, 6.07) is 11.4. The van der Waals surface area contributed by atoms with Crippen molar-refractivity contribution in [2.75, 3.05) is 37.6 Å². The number of amides is 2. The molecule has 2 heterocycles. The fourth-order valence-electron chi connectivity index (χ4n) is 4.26. The van der Waals surface area contributed by atoms with Gasteiger partial charge in [0, 0.05) is 44.0 Å². The van der Waals surface area contributed by atoms with Crippen LogP contribution in [0.1, 0.15) is 16.8 Å². The first-order chi connectivity index (χ1) is 16.3. The Hall–Kier alpha value is -3.08. The number of anilines is 1. The molecule has 2 amide bonds. The van der Waals surface area contributed by atoms with Crippen molar-refractivity contribution in [3.8, 4) is 0 Å². The normalized spacial score (nSPS) is 24.8. The first-order valence-electron chi connectivity index (χ1n) is 11.2. The van der Waals surface area contributed by atoms with Crippen LogP contribution in [0.5, 0.6) is 0 Å². The predicted molar refractivity (Wildman–Crippen MR) is 119 cm³/mol. The van der Waals surface area contributed by atoms with Gasteiger partial charge in [-0.3, -0.25) is 9.59 Å². The molecule has 0 unspecified atom stereocenters. The average molecular weight is 475 g/mol. The fourth-order valence-corrected chi connectivity index (χ4v) is 4.26. The molecule has 2 aromatic rings. The molecule has 182 valence electrons. The summed E-state index contributed by atoms with van der Waals surface area (Å²) in [7, 11) is 0. The van der Waals surface area contributed by atoms with E-state index in [1.165, 1.54) is 30.3 Å². The molecule has 2 aliphatic rings. The Kier molecular flexibility index (Phi) is 7.40. The Morgan fingerprint density at radius 3 is 2.29 bits per heavy atom. The highest BCUT2D eigenvalue weighted by atomic mass is 19.1. The van der Waals surface area contributed by atoms with E-state index in [-0.39, 0.29) is 30.3 Å². The Morgan fingerprint density at radius 2 is 1.62 bits per heavy atom. The molecule has 2 aromatic carbocycles. The van der Waals surface area contributed by atoms with Gasteiger partial charge < -0.3 is 30.1 Å². The van der Waals surface area contributed by atoms with E-state index in [9.17, 15) is 28.6 Å². The van der Waals surface area contributed by atoms with E-state index < -0.39 is 36.1 Å². The molecule has 2 aliphatic heterocycles. The van der Waals surface area contributed by atoms with Gasteiger partial charge in [-0.2, -0.15) is 0 Å². The van der Waals surface area contributed by atoms with Crippen molar-refractivity contribution in [3.05, 3.63) is 65.7 Å². The highest BCUT2D eigenvalue weighted by Crippen LogP contribution is 2.25. The monoisotopic (exact) mass is 475 g/mol. The van der Waals surface area contributed by atoms with Gasteiger partial charge in [-0.25, -0.2) is 8.78 Å².